The maximum absolute atomic E-state index is 7.02. The fourth-order valence-corrected chi connectivity index (χ4v) is 8.31. The summed E-state index contributed by atoms with van der Waals surface area (Å²) in [7, 11) is 0. The molecule has 0 bridgehead atoms. The van der Waals surface area contributed by atoms with Crippen LogP contribution in [0.2, 0.25) is 0 Å². The molecule has 2 unspecified atom stereocenters. The van der Waals surface area contributed by atoms with E-state index in [9.17, 15) is 0 Å². The van der Waals surface area contributed by atoms with E-state index in [1.54, 1.807) is 0 Å². The van der Waals surface area contributed by atoms with Crippen molar-refractivity contribution in [2.24, 2.45) is 17.6 Å². The number of hydrogen-bond acceptors (Lipinski definition) is 6. The quantitative estimate of drug-likeness (QED) is 0.256. The molecule has 2 fully saturated rings. The summed E-state index contributed by atoms with van der Waals surface area (Å²) in [6, 6.07) is 13.2. The summed E-state index contributed by atoms with van der Waals surface area (Å²) in [5, 5.41) is 2.19. The first-order chi connectivity index (χ1) is 19.4. The first-order valence-electron chi connectivity index (χ1n) is 15.8. The van der Waals surface area contributed by atoms with Crippen molar-refractivity contribution in [3.63, 3.8) is 0 Å². The van der Waals surface area contributed by atoms with Crippen molar-refractivity contribution < 1.29 is 4.42 Å². The fraction of sp³-hybridized carbons (Fsp3) is 0.618. The molecule has 1 aromatic carbocycles. The summed E-state index contributed by atoms with van der Waals surface area (Å²) < 4.78 is 6.78. The van der Waals surface area contributed by atoms with Crippen LogP contribution < -0.4 is 10.6 Å². The Bertz CT molecular complexity index is 1180. The van der Waals surface area contributed by atoms with Crippen molar-refractivity contribution in [1.82, 2.24) is 9.88 Å². The Morgan fingerprint density at radius 2 is 1.75 bits per heavy atom. The molecule has 0 radical (unpaired) electrons. The fourth-order valence-electron chi connectivity index (χ4n) is 7.23. The third-order valence-corrected chi connectivity index (χ3v) is 10.9. The van der Waals surface area contributed by atoms with E-state index in [2.05, 4.69) is 79.3 Å². The lowest BCUT2D eigenvalue weighted by atomic mass is 9.70. The largest absolute Gasteiger partial charge is 0.423 e. The van der Waals surface area contributed by atoms with Gasteiger partial charge in [-0.15, -0.1) is 11.3 Å². The van der Waals surface area contributed by atoms with Gasteiger partial charge in [-0.1, -0.05) is 49.6 Å². The number of anilines is 1. The normalized spacial score (nSPS) is 22.6. The van der Waals surface area contributed by atoms with Gasteiger partial charge in [-0.2, -0.15) is 0 Å². The van der Waals surface area contributed by atoms with Gasteiger partial charge < -0.3 is 15.1 Å². The van der Waals surface area contributed by atoms with Gasteiger partial charge in [-0.05, 0) is 107 Å². The summed E-state index contributed by atoms with van der Waals surface area (Å²) in [5.41, 5.74) is 10.5. The lowest BCUT2D eigenvalue weighted by Gasteiger charge is -2.41. The molecule has 40 heavy (non-hydrogen) atoms. The van der Waals surface area contributed by atoms with Crippen molar-refractivity contribution >= 4 is 17.2 Å². The first kappa shape index (κ1) is 29.3. The minimum Gasteiger partial charge on any atom is -0.423 e. The number of oxazole rings is 1. The summed E-state index contributed by atoms with van der Waals surface area (Å²) in [5.74, 6) is 3.14. The molecule has 6 heteroatoms. The minimum absolute atomic E-state index is 0.233. The van der Waals surface area contributed by atoms with Gasteiger partial charge in [0, 0.05) is 24.4 Å². The van der Waals surface area contributed by atoms with Crippen molar-refractivity contribution in [2.75, 3.05) is 31.1 Å². The number of benzene rings is 1. The third kappa shape index (κ3) is 6.50. The van der Waals surface area contributed by atoms with Crippen LogP contribution in [0.1, 0.15) is 106 Å². The second-order valence-electron chi connectivity index (χ2n) is 12.4. The molecule has 1 aliphatic heterocycles. The number of aromatic nitrogens is 1. The zero-order valence-corrected chi connectivity index (χ0v) is 26.0. The zero-order chi connectivity index (χ0) is 28.1. The van der Waals surface area contributed by atoms with Crippen molar-refractivity contribution in [2.45, 2.75) is 97.1 Å². The van der Waals surface area contributed by atoms with Gasteiger partial charge in [0.1, 0.15) is 5.69 Å². The van der Waals surface area contributed by atoms with Gasteiger partial charge in [-0.3, -0.25) is 4.90 Å². The average Bonchev–Trinajstić information content (AvgIpc) is 3.60. The number of thiophene rings is 1. The van der Waals surface area contributed by atoms with Gasteiger partial charge in [0.05, 0.1) is 11.6 Å². The molecule has 2 N–H and O–H groups in total. The Kier molecular flexibility index (Phi) is 9.70. The molecule has 1 saturated heterocycles. The lowest BCUT2D eigenvalue weighted by molar-refractivity contribution is 0.0990. The van der Waals surface area contributed by atoms with Crippen LogP contribution in [-0.2, 0) is 12.0 Å². The Morgan fingerprint density at radius 3 is 2.38 bits per heavy atom. The summed E-state index contributed by atoms with van der Waals surface area (Å²) >= 11 is 1.83. The molecule has 5 nitrogen and oxygen atoms in total. The van der Waals surface area contributed by atoms with Gasteiger partial charge >= 0.3 is 0 Å². The maximum atomic E-state index is 7.02. The van der Waals surface area contributed by atoms with E-state index in [1.165, 1.54) is 60.9 Å². The Morgan fingerprint density at radius 1 is 1.05 bits per heavy atom. The number of nitrogens with zero attached hydrogens (tertiary/aromatic N) is 3. The monoisotopic (exact) mass is 562 g/mol. The van der Waals surface area contributed by atoms with Crippen LogP contribution in [0.5, 0.6) is 0 Å². The SMILES string of the molecule is CCN(CC)c1oc(C(CC2CCC(C(C)(N)c3sccc3C)CC2)N2CCCCC2)nc1Cc1ccccc1. The molecule has 0 spiro atoms. The van der Waals surface area contributed by atoms with Gasteiger partial charge in [-0.25, -0.2) is 4.98 Å². The van der Waals surface area contributed by atoms with E-state index in [0.29, 0.717) is 11.8 Å². The number of rotatable bonds is 11. The van der Waals surface area contributed by atoms with Crippen molar-refractivity contribution in [3.05, 3.63) is 69.4 Å². The Balaban J connectivity index is 1.36. The van der Waals surface area contributed by atoms with Crippen molar-refractivity contribution in [3.8, 4) is 0 Å². The van der Waals surface area contributed by atoms with Crippen LogP contribution in [0.3, 0.4) is 0 Å². The first-order valence-corrected chi connectivity index (χ1v) is 16.6. The standard InChI is InChI=1S/C34H50N4OS/c1-5-37(6-2)33-29(23-26-13-9-7-10-14-26)36-32(39-33)30(38-20-11-8-12-21-38)24-27-15-17-28(18-16-27)34(4,35)31-25(3)19-22-40-31/h7,9-10,13-14,19,22,27-28,30H,5-6,8,11-12,15-18,20-21,23-24,35H2,1-4H3. The molecule has 3 heterocycles. The van der Waals surface area contributed by atoms with E-state index in [4.69, 9.17) is 15.1 Å². The lowest BCUT2D eigenvalue weighted by Crippen LogP contribution is -2.43. The van der Waals surface area contributed by atoms with Crippen LogP contribution in [0, 0.1) is 18.8 Å². The van der Waals surface area contributed by atoms with Crippen LogP contribution in [0.4, 0.5) is 5.88 Å². The maximum Gasteiger partial charge on any atom is 0.219 e. The van der Waals surface area contributed by atoms with Crippen LogP contribution >= 0.6 is 11.3 Å². The molecule has 2 atom stereocenters. The molecular formula is C34H50N4OS. The Hall–Kier alpha value is -2.15. The highest BCUT2D eigenvalue weighted by atomic mass is 32.1. The van der Waals surface area contributed by atoms with Crippen LogP contribution in [0.25, 0.3) is 0 Å². The molecule has 2 aromatic heterocycles. The highest BCUT2D eigenvalue weighted by Crippen LogP contribution is 2.45. The highest BCUT2D eigenvalue weighted by molar-refractivity contribution is 7.10. The molecular weight excluding hydrogens is 512 g/mol. The molecule has 1 aliphatic carbocycles. The van der Waals surface area contributed by atoms with E-state index in [0.717, 1.165) is 56.5 Å². The topological polar surface area (TPSA) is 58.5 Å². The molecule has 218 valence electrons. The molecule has 0 amide bonds. The minimum atomic E-state index is -0.233. The van der Waals surface area contributed by atoms with E-state index >= 15 is 0 Å². The predicted molar refractivity (Wildman–Crippen MR) is 168 cm³/mol. The Labute approximate surface area is 246 Å². The van der Waals surface area contributed by atoms with Gasteiger partial charge in [0.15, 0.2) is 0 Å². The number of likely N-dealkylation sites (tertiary alicyclic amines) is 1. The van der Waals surface area contributed by atoms with Crippen LogP contribution in [0.15, 0.2) is 46.2 Å². The second-order valence-corrected chi connectivity index (χ2v) is 13.3. The number of aryl methyl sites for hydroxylation is 1. The number of piperidine rings is 1. The number of nitrogens with two attached hydrogens (primary N) is 1. The highest BCUT2D eigenvalue weighted by Gasteiger charge is 2.38. The average molecular weight is 563 g/mol. The van der Waals surface area contributed by atoms with E-state index < -0.39 is 0 Å². The molecule has 3 aromatic rings. The van der Waals surface area contributed by atoms with Crippen molar-refractivity contribution in [1.29, 1.82) is 0 Å². The molecule has 1 saturated carbocycles. The van der Waals surface area contributed by atoms with Gasteiger partial charge in [0.2, 0.25) is 11.8 Å². The van der Waals surface area contributed by atoms with E-state index in [1.807, 2.05) is 11.3 Å². The summed E-state index contributed by atoms with van der Waals surface area (Å²) in [4.78, 5) is 11.7. The zero-order valence-electron chi connectivity index (χ0n) is 25.2. The summed E-state index contributed by atoms with van der Waals surface area (Å²) in [6.07, 6.45) is 10.7. The third-order valence-electron chi connectivity index (χ3n) is 9.68. The van der Waals surface area contributed by atoms with Gasteiger partial charge in [0.25, 0.3) is 0 Å². The van der Waals surface area contributed by atoms with Crippen LogP contribution in [-0.4, -0.2) is 36.1 Å². The summed E-state index contributed by atoms with van der Waals surface area (Å²) in [6.45, 7) is 13.0. The smallest absolute Gasteiger partial charge is 0.219 e. The molecule has 5 rings (SSSR count). The predicted octanol–water partition coefficient (Wildman–Crippen LogP) is 8.08. The van der Waals surface area contributed by atoms with E-state index in [-0.39, 0.29) is 11.6 Å². The molecule has 2 aliphatic rings. The number of hydrogen-bond donors (Lipinski definition) is 1. The second kappa shape index (κ2) is 13.2.